The fraction of sp³-hybridized carbons (Fsp3) is 0.300. The van der Waals surface area contributed by atoms with Gasteiger partial charge in [-0.05, 0) is 18.9 Å². The molecular formula is C20H23BrN2O2. The van der Waals surface area contributed by atoms with E-state index in [-0.39, 0.29) is 18.4 Å². The summed E-state index contributed by atoms with van der Waals surface area (Å²) in [4.78, 5) is 18.2. The second-order valence-corrected chi connectivity index (χ2v) is 6.82. The lowest BCUT2D eigenvalue weighted by atomic mass is 9.94. The Morgan fingerprint density at radius 3 is 2.68 bits per heavy atom. The molecule has 2 rings (SSSR count). The standard InChI is InChI=1S/C20H23BrN2O2/c1-14-12-17(10-11-18(14)21)15(2)22-20(16-8-6-5-7-9-16)23(3)13-19(24)25-4/h5-9,11-12,17H,2,10,13H2,1,3-4H3. The van der Waals surface area contributed by atoms with Crippen LogP contribution in [0.2, 0.25) is 0 Å². The van der Waals surface area contributed by atoms with E-state index >= 15 is 0 Å². The van der Waals surface area contributed by atoms with Crippen molar-refractivity contribution in [3.63, 3.8) is 0 Å². The van der Waals surface area contributed by atoms with Crippen LogP contribution in [0.3, 0.4) is 0 Å². The van der Waals surface area contributed by atoms with E-state index in [1.165, 1.54) is 12.7 Å². The van der Waals surface area contributed by atoms with E-state index in [0.717, 1.165) is 22.2 Å². The van der Waals surface area contributed by atoms with Crippen LogP contribution in [0.4, 0.5) is 0 Å². The largest absolute Gasteiger partial charge is 0.468 e. The summed E-state index contributed by atoms with van der Waals surface area (Å²) in [5.41, 5.74) is 2.88. The Morgan fingerprint density at radius 1 is 1.40 bits per heavy atom. The van der Waals surface area contributed by atoms with E-state index in [1.807, 2.05) is 37.4 Å². The van der Waals surface area contributed by atoms with Crippen LogP contribution in [0.25, 0.3) is 0 Å². The quantitative estimate of drug-likeness (QED) is 0.418. The van der Waals surface area contributed by atoms with Gasteiger partial charge in [0.2, 0.25) is 0 Å². The van der Waals surface area contributed by atoms with Gasteiger partial charge in [0.1, 0.15) is 12.4 Å². The molecule has 0 N–H and O–H groups in total. The van der Waals surface area contributed by atoms with E-state index < -0.39 is 0 Å². The van der Waals surface area contributed by atoms with Gasteiger partial charge in [0.05, 0.1) is 7.11 Å². The summed E-state index contributed by atoms with van der Waals surface area (Å²) in [6.45, 7) is 6.35. The summed E-state index contributed by atoms with van der Waals surface area (Å²) < 4.78 is 5.89. The molecule has 1 aromatic rings. The summed E-state index contributed by atoms with van der Waals surface area (Å²) in [5.74, 6) is 0.541. The molecule has 1 aliphatic rings. The second kappa shape index (κ2) is 8.81. The number of likely N-dealkylation sites (N-methyl/N-ethyl adjacent to an activating group) is 1. The van der Waals surface area contributed by atoms with E-state index in [9.17, 15) is 4.79 Å². The Bertz CT molecular complexity index is 735. The maximum Gasteiger partial charge on any atom is 0.325 e. The number of methoxy groups -OCH3 is 1. The number of carbonyl (C=O) groups is 1. The molecule has 0 radical (unpaired) electrons. The average molecular weight is 403 g/mol. The van der Waals surface area contributed by atoms with Crippen molar-refractivity contribution in [2.45, 2.75) is 13.3 Å². The molecule has 0 aliphatic heterocycles. The molecule has 0 saturated heterocycles. The third kappa shape index (κ3) is 5.16. The molecule has 0 amide bonds. The van der Waals surface area contributed by atoms with Crippen LogP contribution in [0.1, 0.15) is 18.9 Å². The lowest BCUT2D eigenvalue weighted by molar-refractivity contribution is -0.140. The van der Waals surface area contributed by atoms with Crippen molar-refractivity contribution in [1.82, 2.24) is 4.90 Å². The molecule has 0 bridgehead atoms. The highest BCUT2D eigenvalue weighted by Gasteiger charge is 2.18. The molecule has 5 heteroatoms. The van der Waals surface area contributed by atoms with Gasteiger partial charge in [-0.2, -0.15) is 0 Å². The van der Waals surface area contributed by atoms with Gasteiger partial charge in [-0.3, -0.25) is 4.79 Å². The van der Waals surface area contributed by atoms with Gasteiger partial charge in [-0.1, -0.05) is 65.0 Å². The van der Waals surface area contributed by atoms with Crippen molar-refractivity contribution in [2.24, 2.45) is 10.9 Å². The molecule has 1 unspecified atom stereocenters. The zero-order valence-corrected chi connectivity index (χ0v) is 16.4. The van der Waals surface area contributed by atoms with Crippen molar-refractivity contribution >= 4 is 27.7 Å². The minimum absolute atomic E-state index is 0.127. The van der Waals surface area contributed by atoms with E-state index in [4.69, 9.17) is 9.73 Å². The van der Waals surface area contributed by atoms with Crippen LogP contribution in [0, 0.1) is 5.92 Å². The monoisotopic (exact) mass is 402 g/mol. The van der Waals surface area contributed by atoms with Gasteiger partial charge in [0.25, 0.3) is 0 Å². The molecule has 1 aliphatic carbocycles. The average Bonchev–Trinajstić information content (AvgIpc) is 2.62. The Morgan fingerprint density at radius 2 is 2.08 bits per heavy atom. The molecule has 4 nitrogen and oxygen atoms in total. The maximum absolute atomic E-state index is 11.7. The van der Waals surface area contributed by atoms with Crippen LogP contribution in [-0.4, -0.2) is 37.4 Å². The van der Waals surface area contributed by atoms with Gasteiger partial charge in [-0.15, -0.1) is 0 Å². The number of ether oxygens (including phenoxy) is 1. The van der Waals surface area contributed by atoms with Gasteiger partial charge >= 0.3 is 5.97 Å². The van der Waals surface area contributed by atoms with Crippen molar-refractivity contribution in [3.05, 3.63) is 70.4 Å². The topological polar surface area (TPSA) is 41.9 Å². The summed E-state index contributed by atoms with van der Waals surface area (Å²) >= 11 is 3.54. The first kappa shape index (κ1) is 19.2. The Balaban J connectivity index is 2.30. The number of benzene rings is 1. The summed E-state index contributed by atoms with van der Waals surface area (Å²) in [5, 5.41) is 0. The number of halogens is 1. The van der Waals surface area contributed by atoms with E-state index in [1.54, 1.807) is 4.90 Å². The molecule has 0 fully saturated rings. The smallest absolute Gasteiger partial charge is 0.325 e. The predicted octanol–water partition coefficient (Wildman–Crippen LogP) is 4.30. The van der Waals surface area contributed by atoms with Crippen molar-refractivity contribution < 1.29 is 9.53 Å². The molecule has 0 spiro atoms. The van der Waals surface area contributed by atoms with Gasteiger partial charge in [0.15, 0.2) is 0 Å². The minimum atomic E-state index is -0.308. The van der Waals surface area contributed by atoms with Crippen LogP contribution >= 0.6 is 15.9 Å². The van der Waals surface area contributed by atoms with Crippen molar-refractivity contribution in [3.8, 4) is 0 Å². The number of hydrogen-bond acceptors (Lipinski definition) is 3. The number of allylic oxidation sites excluding steroid dienone is 4. The van der Waals surface area contributed by atoms with E-state index in [2.05, 4.69) is 41.6 Å². The normalized spacial score (nSPS) is 17.4. The molecular weight excluding hydrogens is 380 g/mol. The fourth-order valence-electron chi connectivity index (χ4n) is 2.58. The third-order valence-electron chi connectivity index (χ3n) is 4.04. The third-order valence-corrected chi connectivity index (χ3v) is 4.99. The van der Waals surface area contributed by atoms with Crippen LogP contribution in [0.5, 0.6) is 0 Å². The number of carbonyl (C=O) groups excluding carboxylic acids is 1. The lowest BCUT2D eigenvalue weighted by Crippen LogP contribution is -2.33. The zero-order chi connectivity index (χ0) is 18.4. The molecule has 0 heterocycles. The van der Waals surface area contributed by atoms with E-state index in [0.29, 0.717) is 5.84 Å². The number of aliphatic imine (C=N–C) groups is 1. The van der Waals surface area contributed by atoms with Crippen molar-refractivity contribution in [2.75, 3.05) is 20.7 Å². The summed E-state index contributed by atoms with van der Waals surface area (Å²) in [6, 6.07) is 9.79. The van der Waals surface area contributed by atoms with Gasteiger partial charge in [0, 0.05) is 28.7 Å². The molecule has 0 saturated carbocycles. The Hall–Kier alpha value is -2.14. The lowest BCUT2D eigenvalue weighted by Gasteiger charge is -2.23. The summed E-state index contributed by atoms with van der Waals surface area (Å²) in [7, 11) is 3.21. The highest BCUT2D eigenvalue weighted by molar-refractivity contribution is 9.12. The number of rotatable bonds is 5. The molecule has 1 atom stereocenters. The zero-order valence-electron chi connectivity index (χ0n) is 14.8. The van der Waals surface area contributed by atoms with Crippen molar-refractivity contribution in [1.29, 1.82) is 0 Å². The Kier molecular flexibility index (Phi) is 6.76. The number of esters is 1. The molecule has 25 heavy (non-hydrogen) atoms. The predicted molar refractivity (Wildman–Crippen MR) is 106 cm³/mol. The second-order valence-electron chi connectivity index (χ2n) is 5.97. The molecule has 1 aromatic carbocycles. The van der Waals surface area contributed by atoms with Crippen LogP contribution < -0.4 is 0 Å². The first-order valence-electron chi connectivity index (χ1n) is 8.07. The maximum atomic E-state index is 11.7. The SMILES string of the molecule is C=C(N=C(c1ccccc1)N(C)CC(=O)OC)C1C=C(C)C(Br)=CC1. The van der Waals surface area contributed by atoms with Crippen LogP contribution in [0.15, 0.2) is 69.8 Å². The van der Waals surface area contributed by atoms with Gasteiger partial charge in [-0.25, -0.2) is 4.99 Å². The number of hydrogen-bond donors (Lipinski definition) is 0. The summed E-state index contributed by atoms with van der Waals surface area (Å²) in [6.07, 6.45) is 5.16. The van der Waals surface area contributed by atoms with Gasteiger partial charge < -0.3 is 9.64 Å². The molecule has 0 aromatic heterocycles. The fourth-order valence-corrected chi connectivity index (χ4v) is 2.90. The highest BCUT2D eigenvalue weighted by Crippen LogP contribution is 2.30. The Labute approximate surface area is 157 Å². The minimum Gasteiger partial charge on any atom is -0.468 e. The first-order valence-corrected chi connectivity index (χ1v) is 8.87. The van der Waals surface area contributed by atoms with Crippen LogP contribution in [-0.2, 0) is 9.53 Å². The molecule has 132 valence electrons. The number of nitrogens with zero attached hydrogens (tertiary/aromatic N) is 2. The first-order chi connectivity index (χ1) is 11.9. The number of amidine groups is 1. The highest BCUT2D eigenvalue weighted by atomic mass is 79.9.